The van der Waals surface area contributed by atoms with Crippen molar-refractivity contribution in [2.75, 3.05) is 20.2 Å². The third-order valence-electron chi connectivity index (χ3n) is 8.80. The van der Waals surface area contributed by atoms with E-state index in [1.54, 1.807) is 24.1 Å². The lowest BCUT2D eigenvalue weighted by atomic mass is 10.0. The number of hydrogen-bond acceptors (Lipinski definition) is 7. The van der Waals surface area contributed by atoms with Crippen LogP contribution in [0.15, 0.2) is 66.9 Å². The molecule has 2 atom stereocenters. The molecule has 1 aliphatic heterocycles. The number of aryl methyl sites for hydroxylation is 1. The smallest absolute Gasteiger partial charge is 0.407 e. The summed E-state index contributed by atoms with van der Waals surface area (Å²) in [5.41, 5.74) is 4.62. The average molecular weight is 609 g/mol. The maximum absolute atomic E-state index is 13.8. The van der Waals surface area contributed by atoms with Gasteiger partial charge in [-0.3, -0.25) is 4.79 Å². The lowest BCUT2D eigenvalue weighted by Gasteiger charge is -2.36. The Morgan fingerprint density at radius 3 is 2.67 bits per heavy atom. The number of aromatic nitrogens is 4. The summed E-state index contributed by atoms with van der Waals surface area (Å²) in [4.78, 5) is 37.7. The van der Waals surface area contributed by atoms with Gasteiger partial charge in [-0.2, -0.15) is 0 Å². The second kappa shape index (κ2) is 11.9. The van der Waals surface area contributed by atoms with Crippen LogP contribution in [-0.4, -0.2) is 73.5 Å². The highest BCUT2D eigenvalue weighted by molar-refractivity contribution is 6.00. The van der Waals surface area contributed by atoms with Crippen LogP contribution >= 0.6 is 0 Å². The van der Waals surface area contributed by atoms with Crippen molar-refractivity contribution in [3.8, 4) is 17.3 Å². The Labute approximate surface area is 260 Å². The number of nitrogens with zero attached hydrogens (tertiary/aromatic N) is 5. The highest BCUT2D eigenvalue weighted by Gasteiger charge is 2.33. The fourth-order valence-corrected chi connectivity index (χ4v) is 6.20. The summed E-state index contributed by atoms with van der Waals surface area (Å²) >= 11 is 0. The van der Waals surface area contributed by atoms with Crippen LogP contribution in [-0.2, 0) is 24.9 Å². The summed E-state index contributed by atoms with van der Waals surface area (Å²) in [6.45, 7) is 1.49. The molecule has 232 valence electrons. The third-order valence-corrected chi connectivity index (χ3v) is 8.80. The van der Waals surface area contributed by atoms with Crippen molar-refractivity contribution < 1.29 is 24.2 Å². The fourth-order valence-electron chi connectivity index (χ4n) is 6.20. The monoisotopic (exact) mass is 608 g/mol. The van der Waals surface area contributed by atoms with Crippen molar-refractivity contribution in [3.05, 3.63) is 78.0 Å². The third kappa shape index (κ3) is 5.71. The molecule has 1 saturated heterocycles. The number of imidazole rings is 1. The summed E-state index contributed by atoms with van der Waals surface area (Å²) in [5, 5.41) is 14.4. The Balaban J connectivity index is 1.14. The number of carbonyl (C=O) groups is 2. The van der Waals surface area contributed by atoms with E-state index in [1.165, 1.54) is 12.8 Å². The van der Waals surface area contributed by atoms with Crippen molar-refractivity contribution in [3.63, 3.8) is 0 Å². The van der Waals surface area contributed by atoms with Crippen LogP contribution in [0.5, 0.6) is 5.75 Å². The minimum absolute atomic E-state index is 0.113. The normalized spacial score (nSPS) is 18.3. The molecule has 45 heavy (non-hydrogen) atoms. The van der Waals surface area contributed by atoms with Crippen molar-refractivity contribution in [2.24, 2.45) is 13.0 Å². The zero-order valence-electron chi connectivity index (χ0n) is 25.3. The number of hydrogen-bond donors (Lipinski definition) is 2. The van der Waals surface area contributed by atoms with Gasteiger partial charge in [-0.1, -0.05) is 30.3 Å². The molecule has 3 aromatic heterocycles. The Hall–Kier alpha value is -4.90. The average Bonchev–Trinajstić information content (AvgIpc) is 3.73. The molecule has 0 spiro atoms. The molecule has 2 N–H and O–H groups in total. The van der Waals surface area contributed by atoms with Gasteiger partial charge >= 0.3 is 6.09 Å². The van der Waals surface area contributed by atoms with E-state index in [0.29, 0.717) is 35.7 Å². The second-order valence-corrected chi connectivity index (χ2v) is 12.0. The lowest BCUT2D eigenvalue weighted by Crippen LogP contribution is -2.56. The number of piperidine rings is 1. The van der Waals surface area contributed by atoms with Crippen LogP contribution in [0, 0.1) is 5.92 Å². The molecular weight excluding hydrogens is 572 g/mol. The molecule has 4 heterocycles. The van der Waals surface area contributed by atoms with Crippen LogP contribution in [0.25, 0.3) is 33.6 Å². The lowest BCUT2D eigenvalue weighted by molar-refractivity contribution is 0.0351. The number of alkyl carbamates (subject to hydrolysis) is 1. The number of amides is 2. The number of likely N-dealkylation sites (tertiary alicyclic amines) is 1. The number of ether oxygens (including phenoxy) is 2. The molecule has 11 nitrogen and oxygen atoms in total. The van der Waals surface area contributed by atoms with Crippen LogP contribution < -0.4 is 10.1 Å². The summed E-state index contributed by atoms with van der Waals surface area (Å²) in [6.07, 6.45) is 3.13. The van der Waals surface area contributed by atoms with Crippen LogP contribution in [0.4, 0.5) is 4.79 Å². The number of pyridine rings is 1. The maximum atomic E-state index is 13.8. The van der Waals surface area contributed by atoms with Gasteiger partial charge in [0.1, 0.15) is 23.5 Å². The molecule has 1 aliphatic carbocycles. The van der Waals surface area contributed by atoms with E-state index in [9.17, 15) is 14.7 Å². The number of fused-ring (bicyclic) bond motifs is 2. The van der Waals surface area contributed by atoms with Gasteiger partial charge in [0.25, 0.3) is 5.91 Å². The first-order chi connectivity index (χ1) is 21.9. The quantitative estimate of drug-likeness (QED) is 0.266. The van der Waals surface area contributed by atoms with Crippen molar-refractivity contribution >= 4 is 34.1 Å². The fraction of sp³-hybridized carbons (Fsp3) is 0.353. The van der Waals surface area contributed by atoms with Crippen LogP contribution in [0.2, 0.25) is 0 Å². The van der Waals surface area contributed by atoms with Gasteiger partial charge in [-0.15, -0.1) is 0 Å². The molecule has 0 unspecified atom stereocenters. The molecule has 5 aromatic rings. The molecular formula is C34H36N6O5. The van der Waals surface area contributed by atoms with E-state index in [0.717, 1.165) is 40.2 Å². The Morgan fingerprint density at radius 2 is 1.89 bits per heavy atom. The number of aliphatic hydroxyl groups excluding tert-OH is 1. The SMILES string of the molecule is COc1cc(C(=O)N2CC[C@@H](O)[C@@H](NC(=O)OCc3ccccc3)C2)cc2nc(-c3cc4cccnc4n3CC3CC3)n(C)c12. The van der Waals surface area contributed by atoms with Gasteiger partial charge < -0.3 is 33.9 Å². The number of benzene rings is 2. The maximum Gasteiger partial charge on any atom is 0.407 e. The highest BCUT2D eigenvalue weighted by Crippen LogP contribution is 2.37. The molecule has 2 fully saturated rings. The van der Waals surface area contributed by atoms with E-state index < -0.39 is 18.2 Å². The highest BCUT2D eigenvalue weighted by atomic mass is 16.5. The standard InChI is InChI=1S/C34H36N6O5/c1-38-30-25(36-32(38)27-16-23-9-6-13-35-31(23)40(27)18-21-10-11-21)15-24(17-29(30)44-2)33(42)39-14-12-28(41)26(19-39)37-34(43)45-20-22-7-4-3-5-8-22/h3-9,13,15-17,21,26,28,41H,10-12,14,18-20H2,1-2H3,(H,37,43)/t26-,28+/m0/s1. The molecule has 2 amide bonds. The first-order valence-corrected chi connectivity index (χ1v) is 15.3. The number of aliphatic hydroxyl groups is 1. The summed E-state index contributed by atoms with van der Waals surface area (Å²) in [5.74, 6) is 1.72. The summed E-state index contributed by atoms with van der Waals surface area (Å²) < 4.78 is 15.4. The predicted octanol–water partition coefficient (Wildman–Crippen LogP) is 4.51. The Bertz CT molecular complexity index is 1880. The molecule has 0 radical (unpaired) electrons. The number of carbonyl (C=O) groups excluding carboxylic acids is 2. The van der Waals surface area contributed by atoms with Gasteiger partial charge in [0.2, 0.25) is 0 Å². The van der Waals surface area contributed by atoms with E-state index in [1.807, 2.05) is 54.2 Å². The van der Waals surface area contributed by atoms with E-state index in [4.69, 9.17) is 14.5 Å². The minimum Gasteiger partial charge on any atom is -0.494 e. The zero-order chi connectivity index (χ0) is 31.1. The molecule has 7 rings (SSSR count). The van der Waals surface area contributed by atoms with Gasteiger partial charge in [0.15, 0.2) is 5.82 Å². The first kappa shape index (κ1) is 28.8. The number of nitrogens with one attached hydrogen (secondary N) is 1. The summed E-state index contributed by atoms with van der Waals surface area (Å²) in [6, 6.07) is 18.4. The van der Waals surface area contributed by atoms with Crippen LogP contribution in [0.1, 0.15) is 35.2 Å². The largest absolute Gasteiger partial charge is 0.494 e. The van der Waals surface area contributed by atoms with Crippen molar-refractivity contribution in [2.45, 2.75) is 44.6 Å². The van der Waals surface area contributed by atoms with Gasteiger partial charge in [0, 0.05) is 43.8 Å². The van der Waals surface area contributed by atoms with Crippen molar-refractivity contribution in [1.82, 2.24) is 29.3 Å². The first-order valence-electron chi connectivity index (χ1n) is 15.3. The van der Waals surface area contributed by atoms with Gasteiger partial charge in [0.05, 0.1) is 30.5 Å². The Morgan fingerprint density at radius 1 is 1.07 bits per heavy atom. The minimum atomic E-state index is -0.800. The molecule has 2 aliphatic rings. The number of rotatable bonds is 8. The molecule has 0 bridgehead atoms. The number of methoxy groups -OCH3 is 1. The van der Waals surface area contributed by atoms with E-state index in [2.05, 4.69) is 27.0 Å². The molecule has 2 aromatic carbocycles. The second-order valence-electron chi connectivity index (χ2n) is 12.0. The van der Waals surface area contributed by atoms with Gasteiger partial charge in [-0.25, -0.2) is 14.8 Å². The van der Waals surface area contributed by atoms with E-state index >= 15 is 0 Å². The van der Waals surface area contributed by atoms with Gasteiger partial charge in [-0.05, 0) is 61.1 Å². The predicted molar refractivity (Wildman–Crippen MR) is 169 cm³/mol. The zero-order valence-corrected chi connectivity index (χ0v) is 25.3. The van der Waals surface area contributed by atoms with Crippen LogP contribution in [0.3, 0.4) is 0 Å². The summed E-state index contributed by atoms with van der Waals surface area (Å²) in [7, 11) is 3.54. The van der Waals surface area contributed by atoms with Crippen molar-refractivity contribution in [1.29, 1.82) is 0 Å². The van der Waals surface area contributed by atoms with E-state index in [-0.39, 0.29) is 19.1 Å². The topological polar surface area (TPSA) is 124 Å². The Kier molecular flexibility index (Phi) is 7.62. The molecule has 11 heteroatoms. The molecule has 1 saturated carbocycles.